The third-order valence-corrected chi connectivity index (χ3v) is 5.76. The molecule has 1 amide bonds. The van der Waals surface area contributed by atoms with Crippen LogP contribution in [0, 0.1) is 5.41 Å². The maximum atomic E-state index is 12.9. The van der Waals surface area contributed by atoms with Crippen LogP contribution in [0.5, 0.6) is 0 Å². The van der Waals surface area contributed by atoms with Crippen LogP contribution in [0.25, 0.3) is 0 Å². The predicted octanol–water partition coefficient (Wildman–Crippen LogP) is 3.16. The fraction of sp³-hybridized carbons (Fsp3) is 0.522. The van der Waals surface area contributed by atoms with Gasteiger partial charge in [0.1, 0.15) is 0 Å². The van der Waals surface area contributed by atoms with Crippen molar-refractivity contribution >= 4 is 11.9 Å². The summed E-state index contributed by atoms with van der Waals surface area (Å²) < 4.78 is 7.19. The van der Waals surface area contributed by atoms with E-state index < -0.39 is 5.41 Å². The van der Waals surface area contributed by atoms with Gasteiger partial charge in [-0.05, 0) is 50.2 Å². The van der Waals surface area contributed by atoms with E-state index in [9.17, 15) is 9.59 Å². The van der Waals surface area contributed by atoms with Crippen LogP contribution in [-0.4, -0.2) is 46.3 Å². The third-order valence-electron chi connectivity index (χ3n) is 5.76. The molecule has 2 aromatic rings. The molecule has 3 rings (SSSR count). The molecular weight excluding hydrogens is 366 g/mol. The summed E-state index contributed by atoms with van der Waals surface area (Å²) in [6.45, 7) is 3.35. The molecule has 1 fully saturated rings. The van der Waals surface area contributed by atoms with Gasteiger partial charge in [-0.25, -0.2) is 0 Å². The smallest absolute Gasteiger partial charge is 0.313 e. The first-order valence-electron chi connectivity index (χ1n) is 10.5. The Morgan fingerprint density at radius 3 is 2.66 bits per heavy atom. The Labute approximate surface area is 172 Å². The van der Waals surface area contributed by atoms with E-state index in [1.54, 1.807) is 10.9 Å². The van der Waals surface area contributed by atoms with Gasteiger partial charge in [0.25, 0.3) is 0 Å². The number of likely N-dealkylation sites (tertiary alicyclic amines) is 1. The SMILES string of the molecule is CCOC(=O)C1(CCc2ccccc2)CCCN(C(=O)CCc2cnn(C)c2)C1. The third kappa shape index (κ3) is 5.46. The quantitative estimate of drug-likeness (QED) is 0.642. The van der Waals surface area contributed by atoms with Crippen molar-refractivity contribution < 1.29 is 14.3 Å². The number of benzene rings is 1. The van der Waals surface area contributed by atoms with E-state index in [1.165, 1.54) is 5.56 Å². The predicted molar refractivity (Wildman–Crippen MR) is 111 cm³/mol. The summed E-state index contributed by atoms with van der Waals surface area (Å²) in [4.78, 5) is 27.7. The average molecular weight is 398 g/mol. The number of carbonyl (C=O) groups excluding carboxylic acids is 2. The van der Waals surface area contributed by atoms with Gasteiger partial charge >= 0.3 is 5.97 Å². The Morgan fingerprint density at radius 1 is 1.17 bits per heavy atom. The number of nitrogens with zero attached hydrogens (tertiary/aromatic N) is 3. The van der Waals surface area contributed by atoms with Crippen LogP contribution >= 0.6 is 0 Å². The topological polar surface area (TPSA) is 64.4 Å². The molecule has 1 aliphatic rings. The highest BCUT2D eigenvalue weighted by atomic mass is 16.5. The maximum absolute atomic E-state index is 12.9. The van der Waals surface area contributed by atoms with Gasteiger partial charge in [-0.3, -0.25) is 14.3 Å². The number of aromatic nitrogens is 2. The van der Waals surface area contributed by atoms with Crippen molar-refractivity contribution in [1.29, 1.82) is 0 Å². The molecule has 2 heterocycles. The van der Waals surface area contributed by atoms with E-state index in [0.717, 1.165) is 24.8 Å². The van der Waals surface area contributed by atoms with E-state index in [2.05, 4.69) is 17.2 Å². The first kappa shape index (κ1) is 21.1. The lowest BCUT2D eigenvalue weighted by molar-refractivity contribution is -0.161. The lowest BCUT2D eigenvalue weighted by atomic mass is 9.75. The molecule has 1 aromatic carbocycles. The van der Waals surface area contributed by atoms with Crippen LogP contribution < -0.4 is 0 Å². The summed E-state index contributed by atoms with van der Waals surface area (Å²) in [5, 5.41) is 4.16. The molecule has 1 aliphatic heterocycles. The van der Waals surface area contributed by atoms with Crippen molar-refractivity contribution in [3.05, 3.63) is 53.9 Å². The van der Waals surface area contributed by atoms with Crippen LogP contribution in [0.4, 0.5) is 0 Å². The second-order valence-corrected chi connectivity index (χ2v) is 7.93. The van der Waals surface area contributed by atoms with Gasteiger partial charge in [-0.15, -0.1) is 0 Å². The normalized spacial score (nSPS) is 19.2. The number of hydrogen-bond acceptors (Lipinski definition) is 4. The molecule has 1 unspecified atom stereocenters. The summed E-state index contributed by atoms with van der Waals surface area (Å²) in [5.41, 5.74) is 1.64. The fourth-order valence-corrected chi connectivity index (χ4v) is 4.14. The minimum atomic E-state index is -0.617. The monoisotopic (exact) mass is 397 g/mol. The zero-order valence-corrected chi connectivity index (χ0v) is 17.5. The Balaban J connectivity index is 1.66. The molecule has 0 N–H and O–H groups in total. The zero-order valence-electron chi connectivity index (χ0n) is 17.5. The Kier molecular flexibility index (Phi) is 7.07. The van der Waals surface area contributed by atoms with Gasteiger partial charge in [0.2, 0.25) is 5.91 Å². The van der Waals surface area contributed by atoms with Crippen LogP contribution in [0.15, 0.2) is 42.7 Å². The highest BCUT2D eigenvalue weighted by Gasteiger charge is 2.44. The van der Waals surface area contributed by atoms with Gasteiger partial charge in [-0.2, -0.15) is 5.10 Å². The Hall–Kier alpha value is -2.63. The summed E-state index contributed by atoms with van der Waals surface area (Å²) in [7, 11) is 1.87. The molecule has 0 bridgehead atoms. The number of carbonyl (C=O) groups is 2. The Morgan fingerprint density at radius 2 is 1.97 bits per heavy atom. The van der Waals surface area contributed by atoms with Crippen LogP contribution in [0.3, 0.4) is 0 Å². The van der Waals surface area contributed by atoms with Gasteiger partial charge in [-0.1, -0.05) is 30.3 Å². The molecular formula is C23H31N3O3. The Bertz CT molecular complexity index is 818. The van der Waals surface area contributed by atoms with Gasteiger partial charge in [0.05, 0.1) is 18.2 Å². The minimum absolute atomic E-state index is 0.0990. The fourth-order valence-electron chi connectivity index (χ4n) is 4.14. The second kappa shape index (κ2) is 9.72. The molecule has 1 saturated heterocycles. The van der Waals surface area contributed by atoms with E-state index in [1.807, 2.05) is 43.3 Å². The summed E-state index contributed by atoms with van der Waals surface area (Å²) in [5.74, 6) is -0.0670. The van der Waals surface area contributed by atoms with Gasteiger partial charge in [0, 0.05) is 32.8 Å². The van der Waals surface area contributed by atoms with Crippen molar-refractivity contribution in [2.75, 3.05) is 19.7 Å². The largest absolute Gasteiger partial charge is 0.466 e. The van der Waals surface area contributed by atoms with Crippen molar-refractivity contribution in [3.63, 3.8) is 0 Å². The number of piperidine rings is 1. The minimum Gasteiger partial charge on any atom is -0.466 e. The van der Waals surface area contributed by atoms with E-state index >= 15 is 0 Å². The van der Waals surface area contributed by atoms with Gasteiger partial charge in [0.15, 0.2) is 0 Å². The first-order valence-corrected chi connectivity index (χ1v) is 10.5. The zero-order chi connectivity index (χ0) is 20.7. The highest BCUT2D eigenvalue weighted by Crippen LogP contribution is 2.36. The summed E-state index contributed by atoms with van der Waals surface area (Å²) in [6, 6.07) is 10.2. The average Bonchev–Trinajstić information content (AvgIpc) is 3.17. The number of aryl methyl sites for hydroxylation is 3. The summed E-state index contributed by atoms with van der Waals surface area (Å²) >= 11 is 0. The molecule has 156 valence electrons. The van der Waals surface area contributed by atoms with Crippen LogP contribution in [0.2, 0.25) is 0 Å². The lowest BCUT2D eigenvalue weighted by Gasteiger charge is -2.41. The van der Waals surface area contributed by atoms with Crippen molar-refractivity contribution in [1.82, 2.24) is 14.7 Å². The van der Waals surface area contributed by atoms with Crippen molar-refractivity contribution in [2.24, 2.45) is 12.5 Å². The van der Waals surface area contributed by atoms with Gasteiger partial charge < -0.3 is 9.64 Å². The molecule has 0 saturated carbocycles. The molecule has 0 spiro atoms. The number of esters is 1. The highest BCUT2D eigenvalue weighted by molar-refractivity contribution is 5.81. The van der Waals surface area contributed by atoms with E-state index in [-0.39, 0.29) is 11.9 Å². The number of hydrogen-bond donors (Lipinski definition) is 0. The maximum Gasteiger partial charge on any atom is 0.313 e. The molecule has 0 radical (unpaired) electrons. The number of rotatable bonds is 8. The molecule has 6 heteroatoms. The first-order chi connectivity index (χ1) is 14.0. The van der Waals surface area contributed by atoms with E-state index in [4.69, 9.17) is 4.74 Å². The van der Waals surface area contributed by atoms with E-state index in [0.29, 0.717) is 39.0 Å². The molecule has 29 heavy (non-hydrogen) atoms. The second-order valence-electron chi connectivity index (χ2n) is 7.93. The number of ether oxygens (including phenoxy) is 1. The van der Waals surface area contributed by atoms with Crippen molar-refractivity contribution in [2.45, 2.75) is 45.4 Å². The van der Waals surface area contributed by atoms with Crippen molar-refractivity contribution in [3.8, 4) is 0 Å². The summed E-state index contributed by atoms with van der Waals surface area (Å²) in [6.07, 6.45) is 7.93. The standard InChI is InChI=1S/C23H31N3O3/c1-3-29-22(28)23(14-12-19-8-5-4-6-9-19)13-7-15-26(18-23)21(27)11-10-20-16-24-25(2)17-20/h4-6,8-9,16-17H,3,7,10-15,18H2,1-2H3. The molecule has 6 nitrogen and oxygen atoms in total. The lowest BCUT2D eigenvalue weighted by Crippen LogP contribution is -2.50. The van der Waals surface area contributed by atoms with Crippen LogP contribution in [-0.2, 0) is 34.2 Å². The number of amides is 1. The molecule has 1 atom stereocenters. The molecule has 0 aliphatic carbocycles. The van der Waals surface area contributed by atoms with Crippen LogP contribution in [0.1, 0.15) is 43.7 Å². The molecule has 1 aromatic heterocycles.